The molecule has 0 unspecified atom stereocenters. The summed E-state index contributed by atoms with van der Waals surface area (Å²) in [6.07, 6.45) is 0.481. The third-order valence-corrected chi connectivity index (χ3v) is 7.53. The van der Waals surface area contributed by atoms with Gasteiger partial charge in [-0.15, -0.1) is 0 Å². The van der Waals surface area contributed by atoms with Crippen LogP contribution in [0.4, 0.5) is 19.0 Å². The monoisotopic (exact) mass is 534 g/mol. The first kappa shape index (κ1) is 25.0. The van der Waals surface area contributed by atoms with Crippen LogP contribution < -0.4 is 5.32 Å². The van der Waals surface area contributed by atoms with Gasteiger partial charge in [0, 0.05) is 18.0 Å². The fraction of sp³-hybridized carbons (Fsp3) is 0.276. The third-order valence-electron chi connectivity index (χ3n) is 7.53. The molecule has 0 spiro atoms. The van der Waals surface area contributed by atoms with Gasteiger partial charge in [-0.1, -0.05) is 18.6 Å². The van der Waals surface area contributed by atoms with Gasteiger partial charge in [-0.25, -0.2) is 14.8 Å². The van der Waals surface area contributed by atoms with Crippen molar-refractivity contribution in [2.24, 2.45) is 5.92 Å². The quantitative estimate of drug-likeness (QED) is 0.229. The average Bonchev–Trinajstić information content (AvgIpc) is 3.47. The number of hydrogen-bond donors (Lipinski definition) is 2. The van der Waals surface area contributed by atoms with Crippen molar-refractivity contribution in [3.05, 3.63) is 77.8 Å². The summed E-state index contributed by atoms with van der Waals surface area (Å²) in [5.41, 5.74) is 3.21. The number of alkyl halides is 3. The van der Waals surface area contributed by atoms with E-state index < -0.39 is 17.7 Å². The first-order valence-electron chi connectivity index (χ1n) is 12.7. The number of fused-ring (bicyclic) bond motifs is 2. The molecule has 200 valence electrons. The van der Waals surface area contributed by atoms with Crippen LogP contribution in [0.5, 0.6) is 0 Å². The number of benzene rings is 2. The lowest BCUT2D eigenvalue weighted by Crippen LogP contribution is -2.31. The smallest absolute Gasteiger partial charge is 0.416 e. The van der Waals surface area contributed by atoms with E-state index in [1.807, 2.05) is 28.8 Å². The van der Waals surface area contributed by atoms with Gasteiger partial charge in [0.05, 0.1) is 23.0 Å². The van der Waals surface area contributed by atoms with Crippen molar-refractivity contribution in [3.8, 4) is 11.3 Å². The van der Waals surface area contributed by atoms with Crippen LogP contribution in [-0.2, 0) is 12.7 Å². The molecular formula is C29H25F3N4O3. The largest absolute Gasteiger partial charge is 0.475 e. The highest BCUT2D eigenvalue weighted by Crippen LogP contribution is 2.36. The number of hydrogen-bond acceptors (Lipinski definition) is 5. The van der Waals surface area contributed by atoms with Gasteiger partial charge in [0.15, 0.2) is 5.82 Å². The van der Waals surface area contributed by atoms with Crippen molar-refractivity contribution in [1.82, 2.24) is 14.5 Å². The second-order valence-electron chi connectivity index (χ2n) is 10.0. The average molecular weight is 535 g/mol. The first-order valence-corrected chi connectivity index (χ1v) is 12.7. The van der Waals surface area contributed by atoms with Crippen LogP contribution in [0.2, 0.25) is 0 Å². The Bertz CT molecular complexity index is 1680. The summed E-state index contributed by atoms with van der Waals surface area (Å²) >= 11 is 0. The zero-order valence-corrected chi connectivity index (χ0v) is 21.0. The molecule has 2 N–H and O–H groups in total. The van der Waals surface area contributed by atoms with E-state index in [1.165, 1.54) is 12.1 Å². The maximum absolute atomic E-state index is 13.2. The number of carboxylic acid groups (broad SMARTS) is 1. The van der Waals surface area contributed by atoms with Crippen LogP contribution >= 0.6 is 0 Å². The number of carboxylic acids is 1. The predicted octanol–water partition coefficient (Wildman–Crippen LogP) is 7.21. The number of halogens is 3. The number of carbonyl (C=O) groups is 1. The molecule has 3 aromatic heterocycles. The second kappa shape index (κ2) is 9.44. The molecule has 10 heteroatoms. The molecule has 1 aliphatic carbocycles. The van der Waals surface area contributed by atoms with E-state index >= 15 is 0 Å². The van der Waals surface area contributed by atoms with Gasteiger partial charge in [-0.05, 0) is 79.3 Å². The highest BCUT2D eigenvalue weighted by atomic mass is 19.4. The van der Waals surface area contributed by atoms with E-state index in [0.717, 1.165) is 48.0 Å². The minimum atomic E-state index is -4.43. The molecule has 3 heterocycles. The molecular weight excluding hydrogens is 509 g/mol. The highest BCUT2D eigenvalue weighted by molar-refractivity contribution is 5.96. The van der Waals surface area contributed by atoms with Crippen LogP contribution in [0, 0.1) is 5.92 Å². The summed E-state index contributed by atoms with van der Waals surface area (Å²) in [7, 11) is 0. The van der Waals surface area contributed by atoms with E-state index in [9.17, 15) is 23.1 Å². The van der Waals surface area contributed by atoms with E-state index in [1.54, 1.807) is 12.3 Å². The molecule has 2 aromatic carbocycles. The molecule has 1 saturated carbocycles. The van der Waals surface area contributed by atoms with Crippen molar-refractivity contribution in [3.63, 3.8) is 0 Å². The van der Waals surface area contributed by atoms with Gasteiger partial charge in [0.1, 0.15) is 11.1 Å². The molecule has 39 heavy (non-hydrogen) atoms. The minimum absolute atomic E-state index is 0.0543. The summed E-state index contributed by atoms with van der Waals surface area (Å²) in [5.74, 6) is -0.730. The number of aromatic nitrogens is 3. The van der Waals surface area contributed by atoms with E-state index in [0.29, 0.717) is 33.9 Å². The molecule has 0 amide bonds. The van der Waals surface area contributed by atoms with Crippen LogP contribution in [0.25, 0.3) is 33.3 Å². The molecule has 1 atom stereocenters. The van der Waals surface area contributed by atoms with Crippen molar-refractivity contribution in [2.45, 2.75) is 44.9 Å². The summed E-state index contributed by atoms with van der Waals surface area (Å²) in [6.45, 7) is 2.28. The van der Waals surface area contributed by atoms with Crippen molar-refractivity contribution < 1.29 is 27.5 Å². The Labute approximate surface area is 221 Å². The van der Waals surface area contributed by atoms with Crippen molar-refractivity contribution in [2.75, 3.05) is 5.32 Å². The maximum atomic E-state index is 13.2. The first-order chi connectivity index (χ1) is 18.7. The number of nitrogens with zero attached hydrogens (tertiary/aromatic N) is 3. The van der Waals surface area contributed by atoms with Gasteiger partial charge in [-0.2, -0.15) is 13.2 Å². The minimum Gasteiger partial charge on any atom is -0.475 e. The SMILES string of the molecule is C[C@@H](Nc1nc(C(=O)O)nc2cc(-c3ccc4occc4c3)n(Cc3ccc(C(F)(F)F)cc3)c12)C1CCC1. The third kappa shape index (κ3) is 4.71. The number of anilines is 1. The zero-order valence-electron chi connectivity index (χ0n) is 21.0. The summed E-state index contributed by atoms with van der Waals surface area (Å²) in [5, 5.41) is 14.0. The summed E-state index contributed by atoms with van der Waals surface area (Å²) in [6, 6.07) is 14.4. The molecule has 0 radical (unpaired) electrons. The van der Waals surface area contributed by atoms with E-state index in [4.69, 9.17) is 4.42 Å². The molecule has 1 aliphatic rings. The molecule has 5 aromatic rings. The Kier molecular flexibility index (Phi) is 6.05. The lowest BCUT2D eigenvalue weighted by molar-refractivity contribution is -0.137. The van der Waals surface area contributed by atoms with Gasteiger partial charge < -0.3 is 19.4 Å². The lowest BCUT2D eigenvalue weighted by atomic mass is 9.80. The van der Waals surface area contributed by atoms with Crippen LogP contribution in [0.1, 0.15) is 47.9 Å². The van der Waals surface area contributed by atoms with Gasteiger partial charge >= 0.3 is 12.1 Å². The Morgan fingerprint density at radius 2 is 1.90 bits per heavy atom. The normalized spacial score (nSPS) is 15.0. The van der Waals surface area contributed by atoms with Crippen LogP contribution in [0.15, 0.2) is 65.3 Å². The fourth-order valence-electron chi connectivity index (χ4n) is 5.15. The van der Waals surface area contributed by atoms with Crippen LogP contribution in [-0.4, -0.2) is 31.7 Å². The van der Waals surface area contributed by atoms with Gasteiger partial charge in [0.2, 0.25) is 5.82 Å². The Morgan fingerprint density at radius 3 is 2.56 bits per heavy atom. The zero-order chi connectivity index (χ0) is 27.3. The number of furan rings is 1. The van der Waals surface area contributed by atoms with E-state index in [2.05, 4.69) is 22.2 Å². The van der Waals surface area contributed by atoms with Crippen molar-refractivity contribution >= 4 is 33.8 Å². The summed E-state index contributed by atoms with van der Waals surface area (Å²) < 4.78 is 47.0. The van der Waals surface area contributed by atoms with Gasteiger partial charge in [0.25, 0.3) is 0 Å². The number of aromatic carboxylic acids is 1. The maximum Gasteiger partial charge on any atom is 0.416 e. The van der Waals surface area contributed by atoms with Gasteiger partial charge in [-0.3, -0.25) is 0 Å². The summed E-state index contributed by atoms with van der Waals surface area (Å²) in [4.78, 5) is 20.6. The number of rotatable bonds is 7. The number of nitrogens with one attached hydrogen (secondary N) is 1. The second-order valence-corrected chi connectivity index (χ2v) is 10.0. The topological polar surface area (TPSA) is 93.2 Å². The van der Waals surface area contributed by atoms with Crippen LogP contribution in [0.3, 0.4) is 0 Å². The molecule has 7 nitrogen and oxygen atoms in total. The van der Waals surface area contributed by atoms with Crippen molar-refractivity contribution in [1.29, 1.82) is 0 Å². The Morgan fingerprint density at radius 1 is 1.13 bits per heavy atom. The lowest BCUT2D eigenvalue weighted by Gasteiger charge is -2.32. The highest BCUT2D eigenvalue weighted by Gasteiger charge is 2.30. The molecule has 6 rings (SSSR count). The van der Waals surface area contributed by atoms with E-state index in [-0.39, 0.29) is 18.4 Å². The molecule has 1 fully saturated rings. The standard InChI is InChI=1S/C29H25F3N4O3/c1-16(18-3-2-4-18)33-26-25-22(34-27(35-26)28(37)38)14-23(19-7-10-24-20(13-19)11-12-39-24)36(25)15-17-5-8-21(9-6-17)29(30,31)32/h5-14,16,18H,2-4,15H2,1H3,(H,37,38)(H,33,34,35)/t16-/m1/s1. The molecule has 0 aliphatic heterocycles. The Balaban J connectivity index is 1.53. The molecule has 0 saturated heterocycles. The predicted molar refractivity (Wildman–Crippen MR) is 141 cm³/mol. The Hall–Kier alpha value is -4.34. The molecule has 0 bridgehead atoms. The fourth-order valence-corrected chi connectivity index (χ4v) is 5.15.